The van der Waals surface area contributed by atoms with Gasteiger partial charge in [0.2, 0.25) is 12.7 Å². The number of amides is 1. The van der Waals surface area contributed by atoms with Gasteiger partial charge in [0.25, 0.3) is 0 Å². The fraction of sp³-hybridized carbons (Fsp3) is 0.263. The number of anilines is 1. The van der Waals surface area contributed by atoms with Gasteiger partial charge in [-0.05, 0) is 41.8 Å². The molecule has 0 aromatic heterocycles. The zero-order valence-corrected chi connectivity index (χ0v) is 13.8. The summed E-state index contributed by atoms with van der Waals surface area (Å²) in [6.07, 6.45) is 0.690. The Labute approximate surface area is 145 Å². The van der Waals surface area contributed by atoms with Gasteiger partial charge in [-0.15, -0.1) is 0 Å². The van der Waals surface area contributed by atoms with Crippen molar-refractivity contribution in [1.82, 2.24) is 0 Å². The van der Waals surface area contributed by atoms with Crippen molar-refractivity contribution in [2.45, 2.75) is 19.8 Å². The largest absolute Gasteiger partial charge is 0.481 e. The first-order valence-electron chi connectivity index (χ1n) is 8.01. The van der Waals surface area contributed by atoms with E-state index in [1.807, 2.05) is 18.2 Å². The van der Waals surface area contributed by atoms with E-state index in [0.717, 1.165) is 11.1 Å². The molecule has 0 saturated heterocycles. The molecule has 6 heteroatoms. The number of benzene rings is 2. The molecule has 6 nitrogen and oxygen atoms in total. The minimum atomic E-state index is -0.818. The van der Waals surface area contributed by atoms with Crippen LogP contribution in [0.1, 0.15) is 18.1 Å². The summed E-state index contributed by atoms with van der Waals surface area (Å²) in [6, 6.07) is 12.7. The van der Waals surface area contributed by atoms with Crippen molar-refractivity contribution in [3.8, 4) is 11.5 Å². The fourth-order valence-corrected chi connectivity index (χ4v) is 2.61. The number of nitrogens with one attached hydrogen (secondary N) is 1. The second kappa shape index (κ2) is 7.25. The molecule has 2 aromatic rings. The van der Waals surface area contributed by atoms with E-state index in [0.29, 0.717) is 23.6 Å². The van der Waals surface area contributed by atoms with E-state index in [1.54, 1.807) is 31.2 Å². The van der Waals surface area contributed by atoms with Crippen molar-refractivity contribution < 1.29 is 24.2 Å². The number of ether oxygens (including phenoxy) is 2. The number of carboxylic acids is 1. The van der Waals surface area contributed by atoms with E-state index in [-0.39, 0.29) is 19.1 Å². The Morgan fingerprint density at radius 2 is 1.76 bits per heavy atom. The number of carbonyl (C=O) groups is 2. The van der Waals surface area contributed by atoms with Crippen LogP contribution >= 0.6 is 0 Å². The molecule has 0 aliphatic carbocycles. The zero-order chi connectivity index (χ0) is 17.8. The standard InChI is InChI=1S/C19H19NO5/c1-12(19(22)23)8-13-2-5-15(6-3-13)20-18(21)10-14-4-7-16-17(9-14)25-11-24-16/h2-7,9,12H,8,10-11H2,1H3,(H,20,21)(H,22,23). The molecule has 1 aliphatic rings. The normalized spacial score (nSPS) is 13.3. The Balaban J connectivity index is 1.56. The first-order chi connectivity index (χ1) is 12.0. The van der Waals surface area contributed by atoms with Crippen LogP contribution in [0.25, 0.3) is 0 Å². The Morgan fingerprint density at radius 1 is 1.08 bits per heavy atom. The van der Waals surface area contributed by atoms with Gasteiger partial charge in [0.05, 0.1) is 12.3 Å². The van der Waals surface area contributed by atoms with Crippen molar-refractivity contribution in [1.29, 1.82) is 0 Å². The molecule has 25 heavy (non-hydrogen) atoms. The molecule has 1 aliphatic heterocycles. The lowest BCUT2D eigenvalue weighted by atomic mass is 10.0. The van der Waals surface area contributed by atoms with Crippen molar-refractivity contribution in [2.24, 2.45) is 5.92 Å². The summed E-state index contributed by atoms with van der Waals surface area (Å²) in [5, 5.41) is 11.8. The zero-order valence-electron chi connectivity index (χ0n) is 13.8. The van der Waals surface area contributed by atoms with Crippen molar-refractivity contribution in [3.63, 3.8) is 0 Å². The maximum Gasteiger partial charge on any atom is 0.306 e. The topological polar surface area (TPSA) is 84.9 Å². The number of fused-ring (bicyclic) bond motifs is 1. The molecule has 1 unspecified atom stereocenters. The fourth-order valence-electron chi connectivity index (χ4n) is 2.61. The number of aliphatic carboxylic acids is 1. The Kier molecular flexibility index (Phi) is 4.88. The third-order valence-electron chi connectivity index (χ3n) is 4.00. The Morgan fingerprint density at radius 3 is 2.48 bits per heavy atom. The van der Waals surface area contributed by atoms with Gasteiger partial charge in [0.1, 0.15) is 0 Å². The van der Waals surface area contributed by atoms with E-state index in [1.165, 1.54) is 0 Å². The lowest BCUT2D eigenvalue weighted by molar-refractivity contribution is -0.141. The van der Waals surface area contributed by atoms with Crippen molar-refractivity contribution >= 4 is 17.6 Å². The SMILES string of the molecule is CC(Cc1ccc(NC(=O)Cc2ccc3c(c2)OCO3)cc1)C(=O)O. The summed E-state index contributed by atoms with van der Waals surface area (Å²) >= 11 is 0. The molecule has 2 aromatic carbocycles. The molecule has 2 N–H and O–H groups in total. The molecule has 0 saturated carbocycles. The van der Waals surface area contributed by atoms with Gasteiger partial charge < -0.3 is 19.9 Å². The highest BCUT2D eigenvalue weighted by Crippen LogP contribution is 2.32. The average molecular weight is 341 g/mol. The quantitative estimate of drug-likeness (QED) is 0.844. The van der Waals surface area contributed by atoms with Gasteiger partial charge >= 0.3 is 5.97 Å². The van der Waals surface area contributed by atoms with Gasteiger partial charge in [-0.2, -0.15) is 0 Å². The lowest BCUT2D eigenvalue weighted by Gasteiger charge is -2.09. The molecule has 3 rings (SSSR count). The number of hydrogen-bond acceptors (Lipinski definition) is 4. The second-order valence-corrected chi connectivity index (χ2v) is 6.05. The number of rotatable bonds is 6. The average Bonchev–Trinajstić information content (AvgIpc) is 3.04. The second-order valence-electron chi connectivity index (χ2n) is 6.05. The van der Waals surface area contributed by atoms with Crippen LogP contribution in [0.4, 0.5) is 5.69 Å². The summed E-state index contributed by atoms with van der Waals surface area (Å²) in [4.78, 5) is 23.1. The maximum atomic E-state index is 12.2. The Hall–Kier alpha value is -3.02. The van der Waals surface area contributed by atoms with E-state index in [9.17, 15) is 9.59 Å². The van der Waals surface area contributed by atoms with Gasteiger partial charge in [-0.25, -0.2) is 0 Å². The highest BCUT2D eigenvalue weighted by atomic mass is 16.7. The number of hydrogen-bond donors (Lipinski definition) is 2. The predicted molar refractivity (Wildman–Crippen MR) is 91.8 cm³/mol. The minimum Gasteiger partial charge on any atom is -0.481 e. The lowest BCUT2D eigenvalue weighted by Crippen LogP contribution is -2.14. The molecule has 1 amide bonds. The summed E-state index contributed by atoms with van der Waals surface area (Å²) in [5.74, 6) is -0.0457. The summed E-state index contributed by atoms with van der Waals surface area (Å²) in [6.45, 7) is 1.88. The molecule has 0 fully saturated rings. The summed E-state index contributed by atoms with van der Waals surface area (Å²) in [7, 11) is 0. The van der Waals surface area contributed by atoms with Crippen molar-refractivity contribution in [3.05, 3.63) is 53.6 Å². The first kappa shape index (κ1) is 16.8. The molecule has 0 spiro atoms. The van der Waals surface area contributed by atoms with E-state index < -0.39 is 11.9 Å². The van der Waals surface area contributed by atoms with Gasteiger partial charge in [-0.3, -0.25) is 9.59 Å². The summed E-state index contributed by atoms with van der Waals surface area (Å²) in [5.41, 5.74) is 2.44. The van der Waals surface area contributed by atoms with E-state index >= 15 is 0 Å². The van der Waals surface area contributed by atoms with Crippen molar-refractivity contribution in [2.75, 3.05) is 12.1 Å². The molecular weight excluding hydrogens is 322 g/mol. The first-order valence-corrected chi connectivity index (χ1v) is 8.01. The number of carboxylic acid groups (broad SMARTS) is 1. The third kappa shape index (κ3) is 4.29. The van der Waals surface area contributed by atoms with Crippen LogP contribution in [-0.2, 0) is 22.4 Å². The van der Waals surface area contributed by atoms with Crippen LogP contribution in [-0.4, -0.2) is 23.8 Å². The van der Waals surface area contributed by atoms with Crippen LogP contribution in [0.15, 0.2) is 42.5 Å². The van der Waals surface area contributed by atoms with Crippen LogP contribution in [0.2, 0.25) is 0 Å². The van der Waals surface area contributed by atoms with E-state index in [4.69, 9.17) is 14.6 Å². The Bertz CT molecular complexity index is 785. The number of carbonyl (C=O) groups excluding carboxylic acids is 1. The van der Waals surface area contributed by atoms with E-state index in [2.05, 4.69) is 5.32 Å². The van der Waals surface area contributed by atoms with Gasteiger partial charge in [-0.1, -0.05) is 25.1 Å². The molecule has 0 radical (unpaired) electrons. The molecule has 0 bridgehead atoms. The maximum absolute atomic E-state index is 12.2. The minimum absolute atomic E-state index is 0.134. The van der Waals surface area contributed by atoms with Gasteiger partial charge in [0, 0.05) is 5.69 Å². The smallest absolute Gasteiger partial charge is 0.306 e. The van der Waals surface area contributed by atoms with Crippen LogP contribution < -0.4 is 14.8 Å². The van der Waals surface area contributed by atoms with Crippen LogP contribution in [0.5, 0.6) is 11.5 Å². The molecular formula is C19H19NO5. The summed E-state index contributed by atoms with van der Waals surface area (Å²) < 4.78 is 10.6. The molecule has 1 atom stereocenters. The molecule has 1 heterocycles. The highest BCUT2D eigenvalue weighted by molar-refractivity contribution is 5.92. The van der Waals surface area contributed by atoms with Crippen LogP contribution in [0.3, 0.4) is 0 Å². The highest BCUT2D eigenvalue weighted by Gasteiger charge is 2.15. The predicted octanol–water partition coefficient (Wildman–Crippen LogP) is 2.86. The van der Waals surface area contributed by atoms with Gasteiger partial charge in [0.15, 0.2) is 11.5 Å². The molecule has 130 valence electrons. The monoisotopic (exact) mass is 341 g/mol. The van der Waals surface area contributed by atoms with Crippen LogP contribution in [0, 0.1) is 5.92 Å². The third-order valence-corrected chi connectivity index (χ3v) is 4.00.